The molecule has 0 aliphatic rings. The molecule has 0 rings (SSSR count). The van der Waals surface area contributed by atoms with Gasteiger partial charge in [-0.2, -0.15) is 0 Å². The van der Waals surface area contributed by atoms with Gasteiger partial charge in [0.2, 0.25) is 5.91 Å². The molecule has 0 bridgehead atoms. The Hall–Kier alpha value is -1.69. The maximum absolute atomic E-state index is 11.4. The fourth-order valence-corrected chi connectivity index (χ4v) is 2.45. The van der Waals surface area contributed by atoms with Crippen molar-refractivity contribution in [3.05, 3.63) is 48.6 Å². The molecule has 28 heavy (non-hydrogen) atoms. The number of hydrogen-bond donors (Lipinski definition) is 4. The molecule has 0 aromatic rings. The van der Waals surface area contributed by atoms with Crippen LogP contribution >= 0.6 is 0 Å². The van der Waals surface area contributed by atoms with Gasteiger partial charge in [-0.3, -0.25) is 4.79 Å². The summed E-state index contributed by atoms with van der Waals surface area (Å²) in [5.74, 6) is 0.0368. The lowest BCUT2D eigenvalue weighted by atomic mass is 10.1. The summed E-state index contributed by atoms with van der Waals surface area (Å²) >= 11 is 0. The van der Waals surface area contributed by atoms with E-state index in [1.165, 1.54) is 0 Å². The van der Waals surface area contributed by atoms with Gasteiger partial charge >= 0.3 is 0 Å². The van der Waals surface area contributed by atoms with E-state index in [1.54, 1.807) is 36.5 Å². The predicted molar refractivity (Wildman–Crippen MR) is 116 cm³/mol. The molecule has 0 aliphatic carbocycles. The normalized spacial score (nSPS) is 15.8. The minimum absolute atomic E-state index is 0.0368. The molecule has 5 nitrogen and oxygen atoms in total. The van der Waals surface area contributed by atoms with Crippen LogP contribution in [0.25, 0.3) is 0 Å². The molecule has 4 N–H and O–H groups in total. The average Bonchev–Trinajstić information content (AvgIpc) is 2.68. The second kappa shape index (κ2) is 18.7. The van der Waals surface area contributed by atoms with Crippen LogP contribution in [0.15, 0.2) is 48.6 Å². The molecule has 3 atom stereocenters. The van der Waals surface area contributed by atoms with Crippen molar-refractivity contribution in [2.75, 3.05) is 6.54 Å². The highest BCUT2D eigenvalue weighted by atomic mass is 16.3. The fraction of sp³-hybridized carbons (Fsp3) is 0.609. The molecule has 0 spiro atoms. The highest BCUT2D eigenvalue weighted by Gasteiger charge is 2.11. The summed E-state index contributed by atoms with van der Waals surface area (Å²) in [6.07, 6.45) is 18.1. The number of aliphatic hydroxyl groups excluding tert-OH is 3. The summed E-state index contributed by atoms with van der Waals surface area (Å²) in [4.78, 5) is 11.4. The second-order valence-electron chi connectivity index (χ2n) is 6.90. The first kappa shape index (κ1) is 26.3. The second-order valence-corrected chi connectivity index (χ2v) is 6.90. The molecule has 160 valence electrons. The van der Waals surface area contributed by atoms with Crippen molar-refractivity contribution in [1.29, 1.82) is 0 Å². The lowest BCUT2D eigenvalue weighted by molar-refractivity contribution is -0.121. The van der Waals surface area contributed by atoms with E-state index in [9.17, 15) is 20.1 Å². The number of carbonyl (C=O) groups excluding carboxylic acids is 1. The Bertz CT molecular complexity index is 497. The summed E-state index contributed by atoms with van der Waals surface area (Å²) in [5, 5.41) is 32.3. The van der Waals surface area contributed by atoms with Crippen LogP contribution in [0.2, 0.25) is 0 Å². The number of rotatable bonds is 16. The lowest BCUT2D eigenvalue weighted by Gasteiger charge is -2.13. The highest BCUT2D eigenvalue weighted by molar-refractivity contribution is 5.75. The molecular weight excluding hydrogens is 354 g/mol. The SMILES string of the molecule is CCCCC[C@H](O)[C@H](O)/C=C/C=C/C=C\C=C\[C@@H](O)CCCC(=O)NCCC. The van der Waals surface area contributed by atoms with Crippen molar-refractivity contribution >= 4 is 5.91 Å². The van der Waals surface area contributed by atoms with Crippen LogP contribution in [0, 0.1) is 0 Å². The molecule has 0 saturated heterocycles. The van der Waals surface area contributed by atoms with E-state index in [1.807, 2.05) is 19.1 Å². The van der Waals surface area contributed by atoms with Crippen LogP contribution in [0.5, 0.6) is 0 Å². The van der Waals surface area contributed by atoms with Crippen LogP contribution in [-0.4, -0.2) is 46.1 Å². The number of unbranched alkanes of at least 4 members (excludes halogenated alkanes) is 2. The number of amides is 1. The zero-order valence-corrected chi connectivity index (χ0v) is 17.5. The van der Waals surface area contributed by atoms with Gasteiger partial charge in [-0.15, -0.1) is 0 Å². The van der Waals surface area contributed by atoms with Crippen molar-refractivity contribution in [2.45, 2.75) is 83.5 Å². The van der Waals surface area contributed by atoms with E-state index in [2.05, 4.69) is 12.2 Å². The molecule has 0 radical (unpaired) electrons. The molecule has 0 aromatic carbocycles. The van der Waals surface area contributed by atoms with Gasteiger partial charge in [0.15, 0.2) is 0 Å². The maximum Gasteiger partial charge on any atom is 0.219 e. The molecule has 0 unspecified atom stereocenters. The van der Waals surface area contributed by atoms with Crippen LogP contribution in [0.1, 0.15) is 65.2 Å². The standard InChI is InChI=1S/C23H39NO4/c1-3-5-10-16-21(26)22(27)17-12-9-7-6-8-11-14-20(25)15-13-18-23(28)24-19-4-2/h6-9,11-12,14,17,20-22,25-27H,3-5,10,13,15-16,18-19H2,1-2H3,(H,24,28)/b8-6-,9-7+,14-11+,17-12+/t20-,21+,22-/m1/s1. The topological polar surface area (TPSA) is 89.8 Å². The average molecular weight is 394 g/mol. The van der Waals surface area contributed by atoms with E-state index in [-0.39, 0.29) is 5.91 Å². The predicted octanol–water partition coefficient (Wildman–Crippen LogP) is 3.57. The number of aliphatic hydroxyl groups is 3. The van der Waals surface area contributed by atoms with Gasteiger partial charge in [0.1, 0.15) is 0 Å². The smallest absolute Gasteiger partial charge is 0.219 e. The minimum Gasteiger partial charge on any atom is -0.390 e. The van der Waals surface area contributed by atoms with E-state index in [4.69, 9.17) is 0 Å². The fourth-order valence-electron chi connectivity index (χ4n) is 2.45. The molecule has 0 heterocycles. The van der Waals surface area contributed by atoms with Crippen molar-refractivity contribution in [3.63, 3.8) is 0 Å². The summed E-state index contributed by atoms with van der Waals surface area (Å²) < 4.78 is 0. The number of allylic oxidation sites excluding steroid dienone is 6. The first-order valence-electron chi connectivity index (χ1n) is 10.5. The van der Waals surface area contributed by atoms with Crippen molar-refractivity contribution in [1.82, 2.24) is 5.32 Å². The maximum atomic E-state index is 11.4. The Balaban J connectivity index is 3.94. The molecule has 0 saturated carbocycles. The quantitative estimate of drug-likeness (QED) is 0.238. The number of hydrogen-bond acceptors (Lipinski definition) is 4. The van der Waals surface area contributed by atoms with Crippen molar-refractivity contribution in [2.24, 2.45) is 0 Å². The van der Waals surface area contributed by atoms with Gasteiger partial charge in [0.05, 0.1) is 18.3 Å². The Morgan fingerprint density at radius 3 is 2.11 bits per heavy atom. The van der Waals surface area contributed by atoms with Gasteiger partial charge in [0, 0.05) is 13.0 Å². The summed E-state index contributed by atoms with van der Waals surface area (Å²) in [7, 11) is 0. The van der Waals surface area contributed by atoms with Crippen LogP contribution in [0.4, 0.5) is 0 Å². The molecule has 1 amide bonds. The molecule has 0 aliphatic heterocycles. The monoisotopic (exact) mass is 393 g/mol. The summed E-state index contributed by atoms with van der Waals surface area (Å²) in [5.41, 5.74) is 0. The van der Waals surface area contributed by atoms with Crippen LogP contribution < -0.4 is 5.32 Å². The Kier molecular flexibility index (Phi) is 17.5. The Morgan fingerprint density at radius 1 is 0.821 bits per heavy atom. The van der Waals surface area contributed by atoms with E-state index >= 15 is 0 Å². The van der Waals surface area contributed by atoms with Crippen molar-refractivity contribution < 1.29 is 20.1 Å². The lowest BCUT2D eigenvalue weighted by Crippen LogP contribution is -2.23. The summed E-state index contributed by atoms with van der Waals surface area (Å²) in [6.45, 7) is 4.82. The van der Waals surface area contributed by atoms with Crippen LogP contribution in [-0.2, 0) is 4.79 Å². The number of carbonyl (C=O) groups is 1. The van der Waals surface area contributed by atoms with Crippen LogP contribution in [0.3, 0.4) is 0 Å². The Morgan fingerprint density at radius 2 is 1.46 bits per heavy atom. The highest BCUT2D eigenvalue weighted by Crippen LogP contribution is 2.07. The minimum atomic E-state index is -0.843. The van der Waals surface area contributed by atoms with Crippen molar-refractivity contribution in [3.8, 4) is 0 Å². The molecule has 0 aromatic heterocycles. The zero-order valence-electron chi connectivity index (χ0n) is 17.5. The molecule has 5 heteroatoms. The Labute approximate surface area is 170 Å². The third-order valence-corrected chi connectivity index (χ3v) is 4.17. The molecule has 0 fully saturated rings. The largest absolute Gasteiger partial charge is 0.390 e. The van der Waals surface area contributed by atoms with Gasteiger partial charge in [-0.05, 0) is 25.7 Å². The zero-order chi connectivity index (χ0) is 21.0. The van der Waals surface area contributed by atoms with Gasteiger partial charge in [-0.25, -0.2) is 0 Å². The third kappa shape index (κ3) is 16.5. The first-order valence-corrected chi connectivity index (χ1v) is 10.5. The van der Waals surface area contributed by atoms with E-state index < -0.39 is 18.3 Å². The van der Waals surface area contributed by atoms with Gasteiger partial charge in [-0.1, -0.05) is 81.7 Å². The first-order chi connectivity index (χ1) is 13.5. The molecular formula is C23H39NO4. The van der Waals surface area contributed by atoms with E-state index in [0.717, 1.165) is 25.7 Å². The number of nitrogens with one attached hydrogen (secondary N) is 1. The van der Waals surface area contributed by atoms with E-state index in [0.29, 0.717) is 32.2 Å². The van der Waals surface area contributed by atoms with Gasteiger partial charge in [0.25, 0.3) is 0 Å². The van der Waals surface area contributed by atoms with Gasteiger partial charge < -0.3 is 20.6 Å². The summed E-state index contributed by atoms with van der Waals surface area (Å²) in [6, 6.07) is 0. The third-order valence-electron chi connectivity index (χ3n) is 4.17.